The molecule has 1 heterocycles. The van der Waals surface area contributed by atoms with E-state index in [1.54, 1.807) is 24.3 Å². The molecule has 3 rings (SSSR count). The van der Waals surface area contributed by atoms with Gasteiger partial charge in [-0.3, -0.25) is 9.59 Å². The van der Waals surface area contributed by atoms with Crippen molar-refractivity contribution < 1.29 is 14.3 Å². The van der Waals surface area contributed by atoms with Crippen LogP contribution in [0.15, 0.2) is 24.3 Å². The van der Waals surface area contributed by atoms with Crippen molar-refractivity contribution >= 4 is 17.6 Å². The van der Waals surface area contributed by atoms with Crippen molar-refractivity contribution in [1.29, 1.82) is 0 Å². The van der Waals surface area contributed by atoms with Crippen molar-refractivity contribution in [1.82, 2.24) is 4.90 Å². The molecule has 0 aromatic heterocycles. The minimum atomic E-state index is -0.0666. The van der Waals surface area contributed by atoms with Gasteiger partial charge in [0.05, 0.1) is 13.2 Å². The van der Waals surface area contributed by atoms with Gasteiger partial charge in [-0.05, 0) is 56.8 Å². The fourth-order valence-corrected chi connectivity index (χ4v) is 4.49. The molecule has 1 aromatic carbocycles. The van der Waals surface area contributed by atoms with E-state index in [1.165, 1.54) is 0 Å². The van der Waals surface area contributed by atoms with Crippen LogP contribution in [0.4, 0.5) is 5.69 Å². The summed E-state index contributed by atoms with van der Waals surface area (Å²) >= 11 is 0. The lowest BCUT2D eigenvalue weighted by molar-refractivity contribution is -0.144. The van der Waals surface area contributed by atoms with E-state index in [9.17, 15) is 9.59 Å². The van der Waals surface area contributed by atoms with Crippen molar-refractivity contribution in [3.05, 3.63) is 41.2 Å². The molecule has 2 fully saturated rings. The van der Waals surface area contributed by atoms with E-state index >= 15 is 0 Å². The van der Waals surface area contributed by atoms with Crippen molar-refractivity contribution in [2.24, 2.45) is 11.3 Å². The third-order valence-electron chi connectivity index (χ3n) is 6.28. The number of nitrogens with zero attached hydrogens (tertiary/aromatic N) is 2. The summed E-state index contributed by atoms with van der Waals surface area (Å²) in [5.74, 6) is 0.454. The van der Waals surface area contributed by atoms with Crippen LogP contribution in [0.3, 0.4) is 0 Å². The Morgan fingerprint density at radius 1 is 1.15 bits per heavy atom. The van der Waals surface area contributed by atoms with E-state index in [2.05, 4.69) is 4.85 Å². The van der Waals surface area contributed by atoms with Gasteiger partial charge in [0.1, 0.15) is 0 Å². The van der Waals surface area contributed by atoms with Crippen LogP contribution in [0.2, 0.25) is 0 Å². The summed E-state index contributed by atoms with van der Waals surface area (Å²) in [7, 11) is 0. The minimum absolute atomic E-state index is 0.0666. The molecule has 5 heteroatoms. The highest BCUT2D eigenvalue weighted by Gasteiger charge is 2.39. The maximum absolute atomic E-state index is 12.7. The zero-order valence-corrected chi connectivity index (χ0v) is 16.1. The molecule has 1 aromatic rings. The van der Waals surface area contributed by atoms with Crippen LogP contribution >= 0.6 is 0 Å². The fourth-order valence-electron chi connectivity index (χ4n) is 4.49. The van der Waals surface area contributed by atoms with Crippen LogP contribution in [0.1, 0.15) is 62.2 Å². The number of hydrogen-bond donors (Lipinski definition) is 0. The van der Waals surface area contributed by atoms with E-state index in [-0.39, 0.29) is 11.9 Å². The molecule has 1 aliphatic carbocycles. The Balaban J connectivity index is 1.49. The lowest BCUT2D eigenvalue weighted by Gasteiger charge is -2.46. The second-order valence-electron chi connectivity index (χ2n) is 7.90. The van der Waals surface area contributed by atoms with Crippen molar-refractivity contribution in [2.75, 3.05) is 19.7 Å². The van der Waals surface area contributed by atoms with Crippen LogP contribution in [0.5, 0.6) is 0 Å². The monoisotopic (exact) mass is 368 g/mol. The largest absolute Gasteiger partial charge is 0.466 e. The second-order valence-corrected chi connectivity index (χ2v) is 7.90. The predicted molar refractivity (Wildman–Crippen MR) is 103 cm³/mol. The molecule has 0 radical (unpaired) electrons. The summed E-state index contributed by atoms with van der Waals surface area (Å²) in [5, 5.41) is 0. The molecule has 1 aliphatic heterocycles. The normalized spacial score (nSPS) is 19.5. The number of carbonyl (C=O) groups is 2. The standard InChI is InChI=1S/C22H28N2O3/c1-3-27-20(25)16-17-8-10-22(11-9-17)12-14-24(15-13-22)21(26)18-4-6-19(23-2)7-5-18/h4-7,17H,3,8-16H2,1H3. The van der Waals surface area contributed by atoms with E-state index in [0.717, 1.165) is 51.6 Å². The molecule has 5 nitrogen and oxygen atoms in total. The number of rotatable bonds is 4. The van der Waals surface area contributed by atoms with Crippen molar-refractivity contribution in [2.45, 2.75) is 51.9 Å². The minimum Gasteiger partial charge on any atom is -0.466 e. The second kappa shape index (κ2) is 8.56. The lowest BCUT2D eigenvalue weighted by atomic mass is 9.65. The predicted octanol–water partition coefficient (Wildman–Crippen LogP) is 4.60. The number of esters is 1. The molecule has 27 heavy (non-hydrogen) atoms. The molecule has 0 bridgehead atoms. The number of hydrogen-bond acceptors (Lipinski definition) is 3. The van der Waals surface area contributed by atoms with Crippen LogP contribution in [-0.4, -0.2) is 36.5 Å². The first-order valence-corrected chi connectivity index (χ1v) is 9.98. The Morgan fingerprint density at radius 2 is 1.78 bits per heavy atom. The van der Waals surface area contributed by atoms with Gasteiger partial charge in [-0.15, -0.1) is 0 Å². The zero-order chi connectivity index (χ0) is 19.3. The lowest BCUT2D eigenvalue weighted by Crippen LogP contribution is -2.44. The van der Waals surface area contributed by atoms with Gasteiger partial charge in [0.15, 0.2) is 5.69 Å². The Kier molecular flexibility index (Phi) is 6.15. The van der Waals surface area contributed by atoms with E-state index in [1.807, 2.05) is 11.8 Å². The number of likely N-dealkylation sites (tertiary alicyclic amines) is 1. The van der Waals surface area contributed by atoms with E-state index < -0.39 is 0 Å². The maximum atomic E-state index is 12.7. The zero-order valence-electron chi connectivity index (χ0n) is 16.1. The Morgan fingerprint density at radius 3 is 2.33 bits per heavy atom. The summed E-state index contributed by atoms with van der Waals surface area (Å²) in [5.41, 5.74) is 1.57. The van der Waals surface area contributed by atoms with E-state index in [4.69, 9.17) is 11.3 Å². The van der Waals surface area contributed by atoms with E-state index in [0.29, 0.717) is 35.6 Å². The molecule has 1 saturated carbocycles. The first-order valence-electron chi connectivity index (χ1n) is 9.98. The SMILES string of the molecule is [C-]#[N+]c1ccc(C(=O)N2CCC3(CCC(CC(=O)OCC)CC3)CC2)cc1. The van der Waals surface area contributed by atoms with Gasteiger partial charge in [0.2, 0.25) is 0 Å². The molecule has 0 atom stereocenters. The van der Waals surface area contributed by atoms with Gasteiger partial charge >= 0.3 is 5.97 Å². The number of amides is 1. The van der Waals surface area contributed by atoms with Crippen LogP contribution in [0, 0.1) is 17.9 Å². The molecule has 1 spiro atoms. The molecule has 1 amide bonds. The quantitative estimate of drug-likeness (QED) is 0.576. The molecule has 0 unspecified atom stereocenters. The first kappa shape index (κ1) is 19.4. The molecule has 0 N–H and O–H groups in total. The van der Waals surface area contributed by atoms with Gasteiger partial charge < -0.3 is 9.64 Å². The summed E-state index contributed by atoms with van der Waals surface area (Å²) in [6.07, 6.45) is 7.12. The molecule has 1 saturated heterocycles. The average molecular weight is 368 g/mol. The number of piperidine rings is 1. The van der Waals surface area contributed by atoms with Crippen LogP contribution in [0.25, 0.3) is 4.85 Å². The molecule has 2 aliphatic rings. The molecule has 144 valence electrons. The summed E-state index contributed by atoms with van der Waals surface area (Å²) in [6, 6.07) is 6.91. The van der Waals surface area contributed by atoms with Crippen molar-refractivity contribution in [3.8, 4) is 0 Å². The van der Waals surface area contributed by atoms with Gasteiger partial charge in [-0.1, -0.05) is 24.3 Å². The highest BCUT2D eigenvalue weighted by Crippen LogP contribution is 2.47. The van der Waals surface area contributed by atoms with Crippen molar-refractivity contribution in [3.63, 3.8) is 0 Å². The Labute approximate surface area is 161 Å². The van der Waals surface area contributed by atoms with Gasteiger partial charge in [-0.25, -0.2) is 4.85 Å². The molecular formula is C22H28N2O3. The van der Waals surface area contributed by atoms with Crippen LogP contribution < -0.4 is 0 Å². The number of benzene rings is 1. The fraction of sp³-hybridized carbons (Fsp3) is 0.591. The first-order chi connectivity index (χ1) is 13.0. The van der Waals surface area contributed by atoms with Gasteiger partial charge in [-0.2, -0.15) is 0 Å². The summed E-state index contributed by atoms with van der Waals surface area (Å²) < 4.78 is 5.08. The third kappa shape index (κ3) is 4.68. The topological polar surface area (TPSA) is 51.0 Å². The Hall–Kier alpha value is -2.35. The van der Waals surface area contributed by atoms with Gasteiger partial charge in [0, 0.05) is 25.1 Å². The Bertz CT molecular complexity index is 702. The smallest absolute Gasteiger partial charge is 0.306 e. The van der Waals surface area contributed by atoms with Crippen LogP contribution in [-0.2, 0) is 9.53 Å². The summed E-state index contributed by atoms with van der Waals surface area (Å²) in [6.45, 7) is 10.9. The highest BCUT2D eigenvalue weighted by molar-refractivity contribution is 5.94. The third-order valence-corrected chi connectivity index (χ3v) is 6.28. The number of carbonyl (C=O) groups excluding carboxylic acids is 2. The molecular weight excluding hydrogens is 340 g/mol. The highest BCUT2D eigenvalue weighted by atomic mass is 16.5. The number of ether oxygens (including phenoxy) is 1. The average Bonchev–Trinajstić information content (AvgIpc) is 2.70. The summed E-state index contributed by atoms with van der Waals surface area (Å²) in [4.78, 5) is 29.7. The maximum Gasteiger partial charge on any atom is 0.306 e. The van der Waals surface area contributed by atoms with Gasteiger partial charge in [0.25, 0.3) is 5.91 Å².